The summed E-state index contributed by atoms with van der Waals surface area (Å²) in [7, 11) is 0. The zero-order valence-electron chi connectivity index (χ0n) is 14.3. The van der Waals surface area contributed by atoms with Gasteiger partial charge in [-0.3, -0.25) is 4.79 Å². The molecule has 1 amide bonds. The summed E-state index contributed by atoms with van der Waals surface area (Å²) in [5, 5.41) is 25.0. The molecule has 0 aromatic rings. The van der Waals surface area contributed by atoms with Crippen LogP contribution in [-0.4, -0.2) is 72.9 Å². The molecule has 0 spiro atoms. The van der Waals surface area contributed by atoms with Crippen LogP contribution in [0.25, 0.3) is 0 Å². The SMILES string of the molecule is NC(CO)CNCC1=CCC[C@@H](O[C@@H]2C(N)CC(NC=O)CC2O)O1. The van der Waals surface area contributed by atoms with Crippen molar-refractivity contribution in [1.82, 2.24) is 10.6 Å². The Morgan fingerprint density at radius 3 is 2.96 bits per heavy atom. The van der Waals surface area contributed by atoms with Crippen molar-refractivity contribution >= 4 is 6.41 Å². The normalized spacial score (nSPS) is 33.9. The first-order chi connectivity index (χ1) is 12.0. The molecule has 4 unspecified atom stereocenters. The summed E-state index contributed by atoms with van der Waals surface area (Å²) >= 11 is 0. The number of aliphatic hydroxyl groups is 2. The van der Waals surface area contributed by atoms with Crippen molar-refractivity contribution in [2.24, 2.45) is 11.5 Å². The minimum atomic E-state index is -0.750. The second kappa shape index (κ2) is 10.0. The highest BCUT2D eigenvalue weighted by molar-refractivity contribution is 5.46. The minimum absolute atomic E-state index is 0.0734. The second-order valence-electron chi connectivity index (χ2n) is 6.65. The first kappa shape index (κ1) is 20.1. The van der Waals surface area contributed by atoms with Crippen LogP contribution in [0.15, 0.2) is 11.8 Å². The number of amides is 1. The van der Waals surface area contributed by atoms with Crippen molar-refractivity contribution in [2.45, 2.75) is 62.3 Å². The molecule has 0 aromatic carbocycles. The average molecular weight is 358 g/mol. The molecule has 8 N–H and O–H groups in total. The molecule has 2 rings (SSSR count). The number of nitrogens with two attached hydrogens (primary N) is 2. The van der Waals surface area contributed by atoms with Crippen LogP contribution in [0.1, 0.15) is 25.7 Å². The monoisotopic (exact) mass is 358 g/mol. The van der Waals surface area contributed by atoms with Gasteiger partial charge in [-0.2, -0.15) is 0 Å². The Hall–Kier alpha value is -1.23. The molecule has 9 nitrogen and oxygen atoms in total. The zero-order chi connectivity index (χ0) is 18.2. The van der Waals surface area contributed by atoms with Crippen molar-refractivity contribution in [3.63, 3.8) is 0 Å². The average Bonchev–Trinajstić information content (AvgIpc) is 2.59. The number of nitrogens with one attached hydrogen (secondary N) is 2. The van der Waals surface area contributed by atoms with E-state index in [0.717, 1.165) is 12.2 Å². The molecular weight excluding hydrogens is 328 g/mol. The molecule has 0 bridgehead atoms. The van der Waals surface area contributed by atoms with Gasteiger partial charge in [-0.1, -0.05) is 0 Å². The molecule has 1 fully saturated rings. The Balaban J connectivity index is 1.78. The van der Waals surface area contributed by atoms with Crippen molar-refractivity contribution in [3.8, 4) is 0 Å². The van der Waals surface area contributed by atoms with Crippen LogP contribution in [-0.2, 0) is 14.3 Å². The van der Waals surface area contributed by atoms with Gasteiger partial charge in [0.2, 0.25) is 6.41 Å². The first-order valence-electron chi connectivity index (χ1n) is 8.75. The highest BCUT2D eigenvalue weighted by atomic mass is 16.7. The van der Waals surface area contributed by atoms with E-state index in [4.69, 9.17) is 26.0 Å². The third kappa shape index (κ3) is 6.21. The number of allylic oxidation sites excluding steroid dienone is 1. The molecule has 1 aliphatic carbocycles. The Morgan fingerprint density at radius 2 is 2.28 bits per heavy atom. The van der Waals surface area contributed by atoms with Gasteiger partial charge in [0.1, 0.15) is 11.9 Å². The van der Waals surface area contributed by atoms with Gasteiger partial charge in [0.25, 0.3) is 0 Å². The number of carbonyl (C=O) groups excluding carboxylic acids is 1. The fourth-order valence-corrected chi connectivity index (χ4v) is 3.18. The predicted octanol–water partition coefficient (Wildman–Crippen LogP) is -2.10. The molecule has 25 heavy (non-hydrogen) atoms. The van der Waals surface area contributed by atoms with E-state index in [1.165, 1.54) is 0 Å². The molecule has 144 valence electrons. The molecule has 1 saturated carbocycles. The standard InChI is InChI=1S/C16H30N4O5/c17-10(8-21)6-19-7-12-2-1-3-15(24-12)25-16-13(18)4-11(20-9-22)5-14(16)23/h2,9-11,13-16,19,21,23H,1,3-8,17-18H2,(H,20,22)/t10?,11?,13?,14?,15-,16-/m1/s1. The summed E-state index contributed by atoms with van der Waals surface area (Å²) in [6, 6.07) is -0.815. The number of aliphatic hydroxyl groups excluding tert-OH is 2. The molecule has 6 atom stereocenters. The topological polar surface area (TPSA) is 152 Å². The molecule has 1 heterocycles. The van der Waals surface area contributed by atoms with Gasteiger partial charge in [0.05, 0.1) is 19.3 Å². The van der Waals surface area contributed by atoms with Crippen LogP contribution in [0, 0.1) is 0 Å². The van der Waals surface area contributed by atoms with E-state index in [0.29, 0.717) is 38.8 Å². The maximum Gasteiger partial charge on any atom is 0.207 e. The summed E-state index contributed by atoms with van der Waals surface area (Å²) in [5.74, 6) is 0.751. The van der Waals surface area contributed by atoms with Crippen molar-refractivity contribution in [2.75, 3.05) is 19.7 Å². The van der Waals surface area contributed by atoms with Crippen LogP contribution in [0.3, 0.4) is 0 Å². The lowest BCUT2D eigenvalue weighted by molar-refractivity contribution is -0.195. The zero-order valence-corrected chi connectivity index (χ0v) is 14.3. The summed E-state index contributed by atoms with van der Waals surface area (Å²) < 4.78 is 11.7. The lowest BCUT2D eigenvalue weighted by atomic mass is 9.86. The fourth-order valence-electron chi connectivity index (χ4n) is 3.18. The smallest absolute Gasteiger partial charge is 0.207 e. The maximum atomic E-state index is 10.5. The van der Waals surface area contributed by atoms with E-state index in [2.05, 4.69) is 10.6 Å². The predicted molar refractivity (Wildman–Crippen MR) is 91.2 cm³/mol. The lowest BCUT2D eigenvalue weighted by Crippen LogP contribution is -2.56. The third-order valence-corrected chi connectivity index (χ3v) is 4.49. The molecule has 0 radical (unpaired) electrons. The van der Waals surface area contributed by atoms with Gasteiger partial charge < -0.3 is 41.8 Å². The number of hydrogen-bond acceptors (Lipinski definition) is 8. The second-order valence-corrected chi connectivity index (χ2v) is 6.65. The van der Waals surface area contributed by atoms with Gasteiger partial charge in [-0.15, -0.1) is 0 Å². The molecule has 9 heteroatoms. The number of carbonyl (C=O) groups is 1. The molecule has 1 aliphatic heterocycles. The molecule has 0 saturated heterocycles. The fraction of sp³-hybridized carbons (Fsp3) is 0.812. The Bertz CT molecular complexity index is 438. The Kier molecular flexibility index (Phi) is 8.07. The third-order valence-electron chi connectivity index (χ3n) is 4.49. The van der Waals surface area contributed by atoms with E-state index in [9.17, 15) is 9.90 Å². The van der Waals surface area contributed by atoms with Crippen molar-refractivity contribution in [1.29, 1.82) is 0 Å². The highest BCUT2D eigenvalue weighted by Crippen LogP contribution is 2.26. The first-order valence-corrected chi connectivity index (χ1v) is 8.75. The Morgan fingerprint density at radius 1 is 1.48 bits per heavy atom. The van der Waals surface area contributed by atoms with E-state index < -0.39 is 18.5 Å². The molecular formula is C16H30N4O5. The van der Waals surface area contributed by atoms with Crippen LogP contribution in [0.4, 0.5) is 0 Å². The number of ether oxygens (including phenoxy) is 2. The van der Waals surface area contributed by atoms with Crippen molar-refractivity contribution < 1.29 is 24.5 Å². The molecule has 0 aromatic heterocycles. The van der Waals surface area contributed by atoms with E-state index in [1.807, 2.05) is 6.08 Å². The van der Waals surface area contributed by atoms with Crippen LogP contribution < -0.4 is 22.1 Å². The van der Waals surface area contributed by atoms with Gasteiger partial charge in [-0.25, -0.2) is 0 Å². The summed E-state index contributed by atoms with van der Waals surface area (Å²) in [4.78, 5) is 10.5. The van der Waals surface area contributed by atoms with Gasteiger partial charge >= 0.3 is 0 Å². The van der Waals surface area contributed by atoms with Gasteiger partial charge in [-0.05, 0) is 25.3 Å². The maximum absolute atomic E-state index is 10.5. The van der Waals surface area contributed by atoms with E-state index in [1.54, 1.807) is 0 Å². The van der Waals surface area contributed by atoms with Crippen LogP contribution in [0.5, 0.6) is 0 Å². The minimum Gasteiger partial charge on any atom is -0.468 e. The highest BCUT2D eigenvalue weighted by Gasteiger charge is 2.38. The van der Waals surface area contributed by atoms with Crippen LogP contribution >= 0.6 is 0 Å². The van der Waals surface area contributed by atoms with Crippen molar-refractivity contribution in [3.05, 3.63) is 11.8 Å². The molecule has 2 aliphatic rings. The lowest BCUT2D eigenvalue weighted by Gasteiger charge is -2.39. The van der Waals surface area contributed by atoms with E-state index in [-0.39, 0.29) is 24.7 Å². The summed E-state index contributed by atoms with van der Waals surface area (Å²) in [6.07, 6.45) is 3.33. The van der Waals surface area contributed by atoms with E-state index >= 15 is 0 Å². The quantitative estimate of drug-likeness (QED) is 0.256. The van der Waals surface area contributed by atoms with Crippen LogP contribution in [0.2, 0.25) is 0 Å². The van der Waals surface area contributed by atoms with Gasteiger partial charge in [0, 0.05) is 31.1 Å². The van der Waals surface area contributed by atoms with Gasteiger partial charge in [0.15, 0.2) is 6.29 Å². The summed E-state index contributed by atoms with van der Waals surface area (Å²) in [5.41, 5.74) is 11.7. The Labute approximate surface area is 147 Å². The summed E-state index contributed by atoms with van der Waals surface area (Å²) in [6.45, 7) is 0.911. The number of rotatable bonds is 9. The largest absolute Gasteiger partial charge is 0.468 e. The number of hydrogen-bond donors (Lipinski definition) is 6.